The molecule has 0 unspecified atom stereocenters. The molecule has 0 N–H and O–H groups in total. The van der Waals surface area contributed by atoms with E-state index in [-0.39, 0.29) is 0 Å². The molecule has 0 atom stereocenters. The lowest BCUT2D eigenvalue weighted by atomic mass is 10.4. The van der Waals surface area contributed by atoms with Crippen LogP contribution < -0.4 is 0 Å². The average molecular weight is 351 g/mol. The molecule has 0 saturated carbocycles. The standard InChI is InChI=1S/C11H7BrN6OS/c1-17-8(6(12)5-13-17)10-16-18-9(7-3-2-4-19-7)14-15-11(18)20-10/h2-5H,1H3. The molecule has 4 heterocycles. The molecule has 0 spiro atoms. The lowest BCUT2D eigenvalue weighted by Gasteiger charge is -1.96. The van der Waals surface area contributed by atoms with Gasteiger partial charge in [-0.25, -0.2) is 0 Å². The van der Waals surface area contributed by atoms with E-state index in [9.17, 15) is 0 Å². The Bertz CT molecular complexity index is 870. The maximum atomic E-state index is 5.35. The molecule has 4 rings (SSSR count). The normalized spacial score (nSPS) is 11.5. The second kappa shape index (κ2) is 4.25. The van der Waals surface area contributed by atoms with Gasteiger partial charge in [0.1, 0.15) is 5.69 Å². The Kier molecular flexibility index (Phi) is 2.51. The second-order valence-corrected chi connectivity index (χ2v) is 5.88. The van der Waals surface area contributed by atoms with Crippen molar-refractivity contribution >= 4 is 32.2 Å². The highest BCUT2D eigenvalue weighted by Crippen LogP contribution is 2.32. The van der Waals surface area contributed by atoms with Gasteiger partial charge in [-0.2, -0.15) is 14.7 Å². The summed E-state index contributed by atoms with van der Waals surface area (Å²) in [6.07, 6.45) is 3.34. The van der Waals surface area contributed by atoms with Crippen molar-refractivity contribution in [1.82, 2.24) is 29.6 Å². The number of furan rings is 1. The molecule has 0 aliphatic rings. The van der Waals surface area contributed by atoms with Crippen molar-refractivity contribution in [2.75, 3.05) is 0 Å². The molecule has 0 aliphatic carbocycles. The predicted molar refractivity (Wildman–Crippen MR) is 76.3 cm³/mol. The summed E-state index contributed by atoms with van der Waals surface area (Å²) in [7, 11) is 1.87. The third-order valence-corrected chi connectivity index (χ3v) is 4.31. The first kappa shape index (κ1) is 11.8. The first-order chi connectivity index (χ1) is 9.74. The SMILES string of the molecule is Cn1ncc(Br)c1-c1nn2c(-c3ccco3)nnc2s1. The maximum Gasteiger partial charge on any atom is 0.235 e. The minimum atomic E-state index is 0.589. The number of aromatic nitrogens is 6. The molecule has 4 aromatic rings. The number of hydrogen-bond acceptors (Lipinski definition) is 6. The summed E-state index contributed by atoms with van der Waals surface area (Å²) in [5.41, 5.74) is 0.908. The van der Waals surface area contributed by atoms with Crippen LogP contribution in [-0.4, -0.2) is 29.6 Å². The van der Waals surface area contributed by atoms with Crippen molar-refractivity contribution in [2.24, 2.45) is 7.05 Å². The maximum absolute atomic E-state index is 5.35. The van der Waals surface area contributed by atoms with Crippen LogP contribution in [0.2, 0.25) is 0 Å². The van der Waals surface area contributed by atoms with Crippen LogP contribution in [-0.2, 0) is 7.05 Å². The lowest BCUT2D eigenvalue weighted by Crippen LogP contribution is -1.95. The fourth-order valence-electron chi connectivity index (χ4n) is 1.92. The van der Waals surface area contributed by atoms with E-state index in [0.29, 0.717) is 16.5 Å². The molecule has 4 aromatic heterocycles. The van der Waals surface area contributed by atoms with Crippen LogP contribution in [0, 0.1) is 0 Å². The van der Waals surface area contributed by atoms with Crippen LogP contribution in [0.4, 0.5) is 0 Å². The van der Waals surface area contributed by atoms with E-state index in [1.807, 2.05) is 13.1 Å². The monoisotopic (exact) mass is 350 g/mol. The van der Waals surface area contributed by atoms with E-state index in [0.717, 1.165) is 15.2 Å². The molecule has 0 bridgehead atoms. The van der Waals surface area contributed by atoms with Gasteiger partial charge < -0.3 is 4.42 Å². The molecule has 9 heteroatoms. The minimum absolute atomic E-state index is 0.589. The summed E-state index contributed by atoms with van der Waals surface area (Å²) in [5, 5.41) is 17.8. The van der Waals surface area contributed by atoms with Crippen LogP contribution in [0.1, 0.15) is 0 Å². The summed E-state index contributed by atoms with van der Waals surface area (Å²) >= 11 is 4.92. The molecular weight excluding hydrogens is 344 g/mol. The van der Waals surface area contributed by atoms with Gasteiger partial charge in [-0.3, -0.25) is 4.68 Å². The second-order valence-electron chi connectivity index (χ2n) is 4.07. The van der Waals surface area contributed by atoms with Gasteiger partial charge >= 0.3 is 0 Å². The van der Waals surface area contributed by atoms with Crippen LogP contribution >= 0.6 is 27.3 Å². The van der Waals surface area contributed by atoms with Gasteiger partial charge in [0.15, 0.2) is 10.8 Å². The van der Waals surface area contributed by atoms with Gasteiger partial charge in [-0.05, 0) is 28.1 Å². The summed E-state index contributed by atoms with van der Waals surface area (Å²) < 4.78 is 9.69. The fourth-order valence-corrected chi connectivity index (χ4v) is 3.52. The summed E-state index contributed by atoms with van der Waals surface area (Å²) in [5.74, 6) is 1.23. The van der Waals surface area contributed by atoms with Gasteiger partial charge in [0.2, 0.25) is 10.8 Å². The molecule has 0 aromatic carbocycles. The highest BCUT2D eigenvalue weighted by Gasteiger charge is 2.19. The Morgan fingerprint density at radius 2 is 2.25 bits per heavy atom. The molecule has 100 valence electrons. The molecule has 0 aliphatic heterocycles. The highest BCUT2D eigenvalue weighted by atomic mass is 79.9. The number of fused-ring (bicyclic) bond motifs is 1. The van der Waals surface area contributed by atoms with Crippen molar-refractivity contribution in [2.45, 2.75) is 0 Å². The zero-order valence-corrected chi connectivity index (χ0v) is 12.6. The van der Waals surface area contributed by atoms with Crippen molar-refractivity contribution in [3.63, 3.8) is 0 Å². The van der Waals surface area contributed by atoms with Crippen LogP contribution in [0.15, 0.2) is 33.5 Å². The molecule has 0 fully saturated rings. The number of hydrogen-bond donors (Lipinski definition) is 0. The molecule has 0 radical (unpaired) electrons. The molecule has 0 amide bonds. The van der Waals surface area contributed by atoms with E-state index in [4.69, 9.17) is 4.42 Å². The van der Waals surface area contributed by atoms with Crippen molar-refractivity contribution < 1.29 is 4.42 Å². The Morgan fingerprint density at radius 1 is 1.35 bits per heavy atom. The quantitative estimate of drug-likeness (QED) is 0.555. The third-order valence-electron chi connectivity index (χ3n) is 2.83. The zero-order chi connectivity index (χ0) is 13.7. The Balaban J connectivity index is 1.93. The summed E-state index contributed by atoms with van der Waals surface area (Å²) in [6.45, 7) is 0. The Hall–Kier alpha value is -2.00. The Morgan fingerprint density at radius 3 is 2.95 bits per heavy atom. The van der Waals surface area contributed by atoms with Gasteiger partial charge in [-0.15, -0.1) is 10.2 Å². The molecule has 7 nitrogen and oxygen atoms in total. The van der Waals surface area contributed by atoms with Gasteiger partial charge in [0.25, 0.3) is 0 Å². The van der Waals surface area contributed by atoms with Crippen LogP contribution in [0.25, 0.3) is 27.2 Å². The minimum Gasteiger partial charge on any atom is -0.461 e. The topological polar surface area (TPSA) is 74.0 Å². The predicted octanol–water partition coefficient (Wildman–Crippen LogP) is 2.61. The Labute approximate surface area is 125 Å². The summed E-state index contributed by atoms with van der Waals surface area (Å²) in [6, 6.07) is 3.64. The van der Waals surface area contributed by atoms with E-state index in [1.165, 1.54) is 11.3 Å². The molecule has 0 saturated heterocycles. The number of rotatable bonds is 2. The first-order valence-electron chi connectivity index (χ1n) is 5.68. The first-order valence-corrected chi connectivity index (χ1v) is 7.29. The van der Waals surface area contributed by atoms with Crippen molar-refractivity contribution in [3.8, 4) is 22.3 Å². The van der Waals surface area contributed by atoms with Crippen LogP contribution in [0.5, 0.6) is 0 Å². The van der Waals surface area contributed by atoms with Gasteiger partial charge in [-0.1, -0.05) is 11.3 Å². The highest BCUT2D eigenvalue weighted by molar-refractivity contribution is 9.10. The summed E-state index contributed by atoms with van der Waals surface area (Å²) in [4.78, 5) is 0.708. The van der Waals surface area contributed by atoms with Gasteiger partial charge in [0.05, 0.1) is 16.9 Å². The zero-order valence-electron chi connectivity index (χ0n) is 10.2. The van der Waals surface area contributed by atoms with E-state index < -0.39 is 0 Å². The number of aryl methyl sites for hydroxylation is 1. The number of halogens is 1. The largest absolute Gasteiger partial charge is 0.461 e. The average Bonchev–Trinajstić information content (AvgIpc) is 3.12. The fraction of sp³-hybridized carbons (Fsp3) is 0.0909. The lowest BCUT2D eigenvalue weighted by molar-refractivity contribution is 0.575. The van der Waals surface area contributed by atoms with E-state index >= 15 is 0 Å². The number of nitrogens with zero attached hydrogens (tertiary/aromatic N) is 6. The van der Waals surface area contributed by atoms with Crippen molar-refractivity contribution in [3.05, 3.63) is 29.1 Å². The van der Waals surface area contributed by atoms with Gasteiger partial charge in [0, 0.05) is 7.05 Å². The third kappa shape index (κ3) is 1.63. The molecular formula is C11H7BrN6OS. The van der Waals surface area contributed by atoms with E-state index in [2.05, 4.69) is 36.3 Å². The van der Waals surface area contributed by atoms with Crippen LogP contribution in [0.3, 0.4) is 0 Å². The molecule has 20 heavy (non-hydrogen) atoms. The smallest absolute Gasteiger partial charge is 0.235 e. The van der Waals surface area contributed by atoms with Crippen molar-refractivity contribution in [1.29, 1.82) is 0 Å². The van der Waals surface area contributed by atoms with E-state index in [1.54, 1.807) is 27.7 Å².